The van der Waals surface area contributed by atoms with E-state index in [1.54, 1.807) is 0 Å². The van der Waals surface area contributed by atoms with E-state index in [-0.39, 0.29) is 0 Å². The van der Waals surface area contributed by atoms with Gasteiger partial charge < -0.3 is 0 Å². The quantitative estimate of drug-likeness (QED) is 0.770. The van der Waals surface area contributed by atoms with Crippen molar-refractivity contribution < 1.29 is 0 Å². The molecule has 3 aliphatic rings. The molecule has 3 atom stereocenters. The van der Waals surface area contributed by atoms with Crippen molar-refractivity contribution in [1.82, 2.24) is 4.90 Å². The van der Waals surface area contributed by atoms with Crippen molar-refractivity contribution in [2.75, 3.05) is 6.54 Å². The van der Waals surface area contributed by atoms with Crippen LogP contribution in [0.1, 0.15) is 45.6 Å². The Bertz CT molecular complexity index is 417. The normalized spacial score (nSPS) is 31.6. The number of rotatable bonds is 2. The van der Waals surface area contributed by atoms with E-state index in [4.69, 9.17) is 0 Å². The van der Waals surface area contributed by atoms with Crippen LogP contribution in [0.25, 0.3) is 0 Å². The lowest BCUT2D eigenvalue weighted by molar-refractivity contribution is -0.0469. The largest absolute Gasteiger partial charge is 0.295 e. The van der Waals surface area contributed by atoms with Crippen molar-refractivity contribution in [3.63, 3.8) is 0 Å². The fraction of sp³-hybridized carbons (Fsp3) is 0.667. The van der Waals surface area contributed by atoms with Crippen molar-refractivity contribution in [1.29, 1.82) is 0 Å². The molecule has 0 spiro atoms. The van der Waals surface area contributed by atoms with Gasteiger partial charge in [0.15, 0.2) is 0 Å². The molecule has 1 aromatic carbocycles. The van der Waals surface area contributed by atoms with Crippen LogP contribution in [0.15, 0.2) is 30.3 Å². The molecule has 0 aromatic heterocycles. The molecule has 2 heterocycles. The van der Waals surface area contributed by atoms with E-state index in [1.807, 2.05) is 0 Å². The molecule has 1 saturated carbocycles. The molecule has 4 rings (SSSR count). The summed E-state index contributed by atoms with van der Waals surface area (Å²) in [6, 6.07) is 11.9. The first-order valence-corrected chi connectivity index (χ1v) is 7.85. The predicted octanol–water partition coefficient (Wildman–Crippen LogP) is 4.13. The lowest BCUT2D eigenvalue weighted by Crippen LogP contribution is -2.58. The van der Waals surface area contributed by atoms with Gasteiger partial charge in [0, 0.05) is 18.1 Å². The van der Waals surface area contributed by atoms with Gasteiger partial charge in [0.25, 0.3) is 0 Å². The molecule has 104 valence electrons. The second kappa shape index (κ2) is 4.94. The lowest BCUT2D eigenvalue weighted by Gasteiger charge is -2.54. The summed E-state index contributed by atoms with van der Waals surface area (Å²) in [4.78, 5) is 2.77. The Morgan fingerprint density at radius 3 is 2.42 bits per heavy atom. The summed E-state index contributed by atoms with van der Waals surface area (Å²) >= 11 is 0. The molecule has 1 aliphatic carbocycles. The fourth-order valence-corrected chi connectivity index (χ4v) is 4.22. The van der Waals surface area contributed by atoms with Crippen molar-refractivity contribution in [3.8, 4) is 0 Å². The number of hydrogen-bond donors (Lipinski definition) is 0. The minimum absolute atomic E-state index is 0.348. The first-order chi connectivity index (χ1) is 9.04. The van der Waals surface area contributed by atoms with Gasteiger partial charge in [0.2, 0.25) is 0 Å². The zero-order valence-corrected chi connectivity index (χ0v) is 12.6. The van der Waals surface area contributed by atoms with Gasteiger partial charge in [0.05, 0.1) is 0 Å². The molecule has 0 radical (unpaired) electrons. The van der Waals surface area contributed by atoms with Gasteiger partial charge >= 0.3 is 0 Å². The van der Waals surface area contributed by atoms with Crippen LogP contribution < -0.4 is 0 Å². The van der Waals surface area contributed by atoms with E-state index in [0.717, 1.165) is 17.9 Å². The Morgan fingerprint density at radius 1 is 1.11 bits per heavy atom. The third-order valence-corrected chi connectivity index (χ3v) is 5.19. The van der Waals surface area contributed by atoms with Crippen LogP contribution >= 0.6 is 0 Å². The third kappa shape index (κ3) is 2.72. The Morgan fingerprint density at radius 2 is 1.84 bits per heavy atom. The van der Waals surface area contributed by atoms with E-state index in [1.165, 1.54) is 37.8 Å². The molecule has 0 amide bonds. The van der Waals surface area contributed by atoms with Gasteiger partial charge in [0.1, 0.15) is 0 Å². The van der Waals surface area contributed by atoms with Crippen LogP contribution in [-0.2, 0) is 6.42 Å². The zero-order valence-electron chi connectivity index (χ0n) is 12.6. The lowest BCUT2D eigenvalue weighted by atomic mass is 9.68. The number of piperidine rings is 2. The summed E-state index contributed by atoms with van der Waals surface area (Å²) in [5.74, 6) is 1.84. The van der Waals surface area contributed by atoms with E-state index >= 15 is 0 Å². The van der Waals surface area contributed by atoms with E-state index in [0.29, 0.717) is 5.54 Å². The molecule has 1 aromatic rings. The molecule has 1 nitrogen and oxygen atoms in total. The van der Waals surface area contributed by atoms with Crippen molar-refractivity contribution >= 4 is 0 Å². The minimum atomic E-state index is 0.348. The van der Waals surface area contributed by atoms with Crippen LogP contribution in [0.4, 0.5) is 0 Å². The Labute approximate surface area is 118 Å². The Balaban J connectivity index is 1.69. The summed E-state index contributed by atoms with van der Waals surface area (Å²) in [5, 5.41) is 0. The van der Waals surface area contributed by atoms with Gasteiger partial charge in [-0.2, -0.15) is 0 Å². The molecule has 3 fully saturated rings. The molecule has 1 heteroatoms. The topological polar surface area (TPSA) is 3.24 Å². The second-order valence-corrected chi connectivity index (χ2v) is 7.50. The third-order valence-electron chi connectivity index (χ3n) is 5.19. The number of hydrogen-bond acceptors (Lipinski definition) is 1. The highest BCUT2D eigenvalue weighted by molar-refractivity contribution is 5.16. The Kier molecular flexibility index (Phi) is 3.42. The van der Waals surface area contributed by atoms with Gasteiger partial charge in [-0.3, -0.25) is 4.90 Å². The van der Waals surface area contributed by atoms with Gasteiger partial charge in [-0.15, -0.1) is 0 Å². The van der Waals surface area contributed by atoms with Crippen LogP contribution in [0, 0.1) is 11.8 Å². The average molecular weight is 257 g/mol. The van der Waals surface area contributed by atoms with Crippen LogP contribution in [0.3, 0.4) is 0 Å². The highest BCUT2D eigenvalue weighted by atomic mass is 15.2. The first-order valence-electron chi connectivity index (χ1n) is 7.85. The molecule has 2 aliphatic heterocycles. The highest BCUT2D eigenvalue weighted by Gasteiger charge is 2.43. The zero-order chi connectivity index (χ0) is 13.5. The Hall–Kier alpha value is -0.820. The van der Waals surface area contributed by atoms with E-state index < -0.39 is 0 Å². The van der Waals surface area contributed by atoms with Crippen molar-refractivity contribution in [2.45, 2.75) is 58.0 Å². The van der Waals surface area contributed by atoms with Crippen molar-refractivity contribution in [3.05, 3.63) is 35.9 Å². The van der Waals surface area contributed by atoms with Crippen LogP contribution in [0.2, 0.25) is 0 Å². The summed E-state index contributed by atoms with van der Waals surface area (Å²) < 4.78 is 0. The first kappa shape index (κ1) is 13.2. The summed E-state index contributed by atoms with van der Waals surface area (Å²) in [6.07, 6.45) is 5.58. The fourth-order valence-electron chi connectivity index (χ4n) is 4.22. The standard InChI is InChI=1S/C18H27N/c1-18(2,3)19-13-15-9-10-17(19)12-16(15)11-14-7-5-4-6-8-14/h4-8,15-17H,9-13H2,1-3H3. The predicted molar refractivity (Wildman–Crippen MR) is 81.2 cm³/mol. The van der Waals surface area contributed by atoms with Gasteiger partial charge in [-0.25, -0.2) is 0 Å². The second-order valence-electron chi connectivity index (χ2n) is 7.50. The molecule has 2 bridgehead atoms. The maximum atomic E-state index is 2.77. The highest BCUT2D eigenvalue weighted by Crippen LogP contribution is 2.43. The number of fused-ring (bicyclic) bond motifs is 3. The molecule has 2 saturated heterocycles. The minimum Gasteiger partial charge on any atom is -0.295 e. The maximum absolute atomic E-state index is 2.77. The van der Waals surface area contributed by atoms with E-state index in [2.05, 4.69) is 56.0 Å². The summed E-state index contributed by atoms with van der Waals surface area (Å²) in [6.45, 7) is 8.45. The van der Waals surface area contributed by atoms with Crippen molar-refractivity contribution in [2.24, 2.45) is 11.8 Å². The molecular formula is C18H27N. The molecule has 3 unspecified atom stereocenters. The van der Waals surface area contributed by atoms with Crippen LogP contribution in [-0.4, -0.2) is 23.0 Å². The monoisotopic (exact) mass is 257 g/mol. The molecule has 0 N–H and O–H groups in total. The van der Waals surface area contributed by atoms with Gasteiger partial charge in [-0.05, 0) is 63.9 Å². The summed E-state index contributed by atoms with van der Waals surface area (Å²) in [5.41, 5.74) is 1.88. The smallest absolute Gasteiger partial charge is 0.0128 e. The SMILES string of the molecule is CC(C)(C)N1CC2CCC1CC2Cc1ccccc1. The van der Waals surface area contributed by atoms with E-state index in [9.17, 15) is 0 Å². The average Bonchev–Trinajstić information content (AvgIpc) is 2.39. The number of benzene rings is 1. The molecule has 19 heavy (non-hydrogen) atoms. The summed E-state index contributed by atoms with van der Waals surface area (Å²) in [7, 11) is 0. The maximum Gasteiger partial charge on any atom is 0.0128 e. The number of nitrogens with zero attached hydrogens (tertiary/aromatic N) is 1. The van der Waals surface area contributed by atoms with Crippen LogP contribution in [0.5, 0.6) is 0 Å². The van der Waals surface area contributed by atoms with Gasteiger partial charge in [-0.1, -0.05) is 30.3 Å². The molecular weight excluding hydrogens is 230 g/mol.